The van der Waals surface area contributed by atoms with Gasteiger partial charge in [0.15, 0.2) is 0 Å². The van der Waals surface area contributed by atoms with Crippen molar-refractivity contribution in [3.63, 3.8) is 0 Å². The van der Waals surface area contributed by atoms with Crippen molar-refractivity contribution in [3.05, 3.63) is 116 Å². The summed E-state index contributed by atoms with van der Waals surface area (Å²) in [5, 5.41) is 4.41. The number of hydrogen-bond donors (Lipinski definition) is 0. The van der Waals surface area contributed by atoms with Crippen molar-refractivity contribution >= 4 is 23.2 Å². The van der Waals surface area contributed by atoms with E-state index in [1.165, 1.54) is 28.5 Å². The second kappa shape index (κ2) is 12.0. The fourth-order valence-corrected chi connectivity index (χ4v) is 8.01. The molecule has 0 atom stereocenters. The normalized spacial score (nSPS) is 11.1. The summed E-state index contributed by atoms with van der Waals surface area (Å²) in [4.78, 5) is 0. The molecule has 0 bridgehead atoms. The number of hydrogen-bond acceptors (Lipinski definition) is 0. The predicted molar refractivity (Wildman–Crippen MR) is 123 cm³/mol. The van der Waals surface area contributed by atoms with Crippen LogP contribution in [0, 0.1) is 0 Å². The quantitative estimate of drug-likeness (QED) is 0.184. The maximum absolute atomic E-state index is 3.79. The summed E-state index contributed by atoms with van der Waals surface area (Å²) >= 11 is 0. The fourth-order valence-electron chi connectivity index (χ4n) is 3.64. The van der Waals surface area contributed by atoms with E-state index in [2.05, 4.69) is 110 Å². The molecule has 0 aliphatic rings. The van der Waals surface area contributed by atoms with Crippen molar-refractivity contribution in [2.24, 2.45) is 0 Å². The number of rotatable bonds is 9. The molecule has 0 fully saturated rings. The van der Waals surface area contributed by atoms with E-state index < -0.39 is 7.26 Å². The molecular formula is C26H28IP. The number of unbranched alkanes of at least 4 members (excludes halogenated alkanes) is 1. The third kappa shape index (κ3) is 5.43. The Labute approximate surface area is 187 Å². The van der Waals surface area contributed by atoms with Gasteiger partial charge in [0.1, 0.15) is 23.2 Å². The van der Waals surface area contributed by atoms with E-state index in [-0.39, 0.29) is 24.0 Å². The molecule has 0 aliphatic heterocycles. The Morgan fingerprint density at radius 2 is 1.07 bits per heavy atom. The zero-order valence-corrected chi connectivity index (χ0v) is 19.3. The topological polar surface area (TPSA) is 0 Å². The number of halogens is 1. The lowest BCUT2D eigenvalue weighted by Crippen LogP contribution is -3.00. The Kier molecular flexibility index (Phi) is 9.67. The van der Waals surface area contributed by atoms with E-state index >= 15 is 0 Å². The van der Waals surface area contributed by atoms with Gasteiger partial charge in [-0.1, -0.05) is 72.8 Å². The monoisotopic (exact) mass is 498 g/mol. The summed E-state index contributed by atoms with van der Waals surface area (Å²) in [6.45, 7) is 3.79. The molecule has 0 N–H and O–H groups in total. The van der Waals surface area contributed by atoms with Gasteiger partial charge in [-0.05, 0) is 55.7 Å². The third-order valence-electron chi connectivity index (χ3n) is 4.92. The summed E-state index contributed by atoms with van der Waals surface area (Å²) in [6.07, 6.45) is 10.9. The minimum atomic E-state index is -1.66. The van der Waals surface area contributed by atoms with E-state index in [9.17, 15) is 0 Å². The van der Waals surface area contributed by atoms with Gasteiger partial charge in [0, 0.05) is 0 Å². The van der Waals surface area contributed by atoms with Crippen molar-refractivity contribution in [1.29, 1.82) is 0 Å². The second-order valence-corrected chi connectivity index (χ2v) is 10.3. The van der Waals surface area contributed by atoms with Gasteiger partial charge in [0.2, 0.25) is 0 Å². The average molecular weight is 498 g/mol. The van der Waals surface area contributed by atoms with Crippen LogP contribution in [0.2, 0.25) is 0 Å². The van der Waals surface area contributed by atoms with Crippen molar-refractivity contribution in [3.8, 4) is 0 Å². The summed E-state index contributed by atoms with van der Waals surface area (Å²) in [5.41, 5.74) is 0. The van der Waals surface area contributed by atoms with Crippen LogP contribution in [0.5, 0.6) is 0 Å². The van der Waals surface area contributed by atoms with E-state index in [4.69, 9.17) is 0 Å². The van der Waals surface area contributed by atoms with Crippen molar-refractivity contribution in [1.82, 2.24) is 0 Å². The molecular weight excluding hydrogens is 470 g/mol. The summed E-state index contributed by atoms with van der Waals surface area (Å²) in [5.74, 6) is 0. The molecule has 0 saturated heterocycles. The molecule has 0 unspecified atom stereocenters. The Hall–Kier alpha value is -1.70. The highest BCUT2D eigenvalue weighted by atomic mass is 127. The molecule has 0 heterocycles. The molecule has 0 aromatic heterocycles. The zero-order chi connectivity index (χ0) is 18.8. The lowest BCUT2D eigenvalue weighted by atomic mass is 10.3. The van der Waals surface area contributed by atoms with Crippen LogP contribution in [0.4, 0.5) is 0 Å². The Balaban J connectivity index is 0.00000280. The summed E-state index contributed by atoms with van der Waals surface area (Å²) in [6, 6.07) is 33.4. The van der Waals surface area contributed by atoms with Gasteiger partial charge in [-0.2, -0.15) is 0 Å². The predicted octanol–water partition coefficient (Wildman–Crippen LogP) is 2.90. The molecule has 0 saturated carbocycles. The first-order valence-corrected chi connectivity index (χ1v) is 11.7. The molecule has 144 valence electrons. The van der Waals surface area contributed by atoms with Gasteiger partial charge in [0.05, 0.1) is 6.16 Å². The maximum Gasteiger partial charge on any atom is 0.112 e. The van der Waals surface area contributed by atoms with Gasteiger partial charge >= 0.3 is 0 Å². The van der Waals surface area contributed by atoms with Crippen LogP contribution in [-0.4, -0.2) is 6.16 Å². The highest BCUT2D eigenvalue weighted by molar-refractivity contribution is 7.95. The van der Waals surface area contributed by atoms with Gasteiger partial charge < -0.3 is 24.0 Å². The zero-order valence-electron chi connectivity index (χ0n) is 16.3. The van der Waals surface area contributed by atoms with Crippen LogP contribution in [-0.2, 0) is 0 Å². The minimum Gasteiger partial charge on any atom is -1.00 e. The maximum atomic E-state index is 3.79. The first kappa shape index (κ1) is 22.6. The van der Waals surface area contributed by atoms with Crippen LogP contribution in [0.15, 0.2) is 116 Å². The Morgan fingerprint density at radius 3 is 1.46 bits per heavy atom. The third-order valence-corrected chi connectivity index (χ3v) is 9.45. The highest BCUT2D eigenvalue weighted by Crippen LogP contribution is 2.55. The van der Waals surface area contributed by atoms with Gasteiger partial charge in [-0.25, -0.2) is 0 Å². The van der Waals surface area contributed by atoms with Crippen molar-refractivity contribution in [2.45, 2.75) is 19.3 Å². The van der Waals surface area contributed by atoms with Crippen LogP contribution in [0.25, 0.3) is 0 Å². The smallest absolute Gasteiger partial charge is 0.112 e. The van der Waals surface area contributed by atoms with E-state index in [1.807, 2.05) is 6.08 Å². The van der Waals surface area contributed by atoms with E-state index in [0.717, 1.165) is 12.8 Å². The van der Waals surface area contributed by atoms with Gasteiger partial charge in [0.25, 0.3) is 0 Å². The van der Waals surface area contributed by atoms with Crippen LogP contribution in [0.1, 0.15) is 19.3 Å². The molecule has 0 nitrogen and oxygen atoms in total. The first-order chi connectivity index (χ1) is 13.4. The second-order valence-electron chi connectivity index (χ2n) is 6.68. The van der Waals surface area contributed by atoms with Gasteiger partial charge in [-0.15, -0.1) is 6.58 Å². The average Bonchev–Trinajstić information content (AvgIpc) is 2.75. The lowest BCUT2D eigenvalue weighted by Gasteiger charge is -2.27. The molecule has 0 aliphatic carbocycles. The van der Waals surface area contributed by atoms with Crippen molar-refractivity contribution in [2.75, 3.05) is 6.16 Å². The molecule has 2 heteroatoms. The van der Waals surface area contributed by atoms with Crippen LogP contribution < -0.4 is 39.9 Å². The van der Waals surface area contributed by atoms with Crippen molar-refractivity contribution < 1.29 is 24.0 Å². The largest absolute Gasteiger partial charge is 1.00 e. The lowest BCUT2D eigenvalue weighted by molar-refractivity contribution is -0.00000529. The number of benzene rings is 3. The molecule has 3 rings (SSSR count). The van der Waals surface area contributed by atoms with E-state index in [1.54, 1.807) is 0 Å². The molecule has 3 aromatic carbocycles. The Morgan fingerprint density at radius 1 is 0.643 bits per heavy atom. The van der Waals surface area contributed by atoms with Crippen LogP contribution in [0.3, 0.4) is 0 Å². The SMILES string of the molecule is C=CC/C=C/CCC[P+](c1ccccc1)(c1ccccc1)c1ccccc1.[I-]. The van der Waals surface area contributed by atoms with Crippen LogP contribution >= 0.6 is 7.26 Å². The molecule has 0 spiro atoms. The molecule has 28 heavy (non-hydrogen) atoms. The fraction of sp³-hybridized carbons (Fsp3) is 0.154. The van der Waals surface area contributed by atoms with E-state index in [0.29, 0.717) is 0 Å². The first-order valence-electron chi connectivity index (χ1n) is 9.69. The minimum absolute atomic E-state index is 0. The molecule has 3 aromatic rings. The highest BCUT2D eigenvalue weighted by Gasteiger charge is 2.44. The van der Waals surface area contributed by atoms with Gasteiger partial charge in [-0.3, -0.25) is 0 Å². The Bertz CT molecular complexity index is 745. The molecule has 0 radical (unpaired) electrons. The molecule has 0 amide bonds. The standard InChI is InChI=1S/C26H28P.HI/c1-2-3-4-5-6-16-23-27(24-17-10-7-11-18-24,25-19-12-8-13-20-25)26-21-14-9-15-22-26;/h2,4-5,7-15,17-22H,1,3,6,16,23H2;1H/q+1;/p-1/b5-4+;. The summed E-state index contributed by atoms with van der Waals surface area (Å²) < 4.78 is 0. The summed E-state index contributed by atoms with van der Waals surface area (Å²) in [7, 11) is -1.66. The number of allylic oxidation sites excluding steroid dienone is 3.